The van der Waals surface area contributed by atoms with Gasteiger partial charge in [-0.15, -0.1) is 0 Å². The molecule has 4 nitrogen and oxygen atoms in total. The maximum atomic E-state index is 8.63. The van der Waals surface area contributed by atoms with Crippen LogP contribution in [0.1, 0.15) is 11.1 Å². The number of nitrogens with two attached hydrogens (primary N) is 1. The largest absolute Gasteiger partial charge is 0.456 e. The number of nitrogens with zero attached hydrogens (tertiary/aromatic N) is 1. The molecule has 0 saturated heterocycles. The Balaban J connectivity index is 2.30. The van der Waals surface area contributed by atoms with E-state index in [1.807, 2.05) is 19.1 Å². The number of rotatable bonds is 3. The van der Waals surface area contributed by atoms with Crippen molar-refractivity contribution in [1.82, 2.24) is 0 Å². The molecule has 0 aliphatic carbocycles. The van der Waals surface area contributed by atoms with E-state index in [1.165, 1.54) is 0 Å². The van der Waals surface area contributed by atoms with Gasteiger partial charge in [-0.1, -0.05) is 28.9 Å². The van der Waals surface area contributed by atoms with Crippen molar-refractivity contribution in [3.63, 3.8) is 0 Å². The number of ether oxygens (including phenoxy) is 1. The minimum atomic E-state index is 0.0624. The summed E-state index contributed by atoms with van der Waals surface area (Å²) < 4.78 is 5.73. The fraction of sp³-hybridized carbons (Fsp3) is 0.0714. The second-order valence-corrected chi connectivity index (χ2v) is 4.41. The Morgan fingerprint density at radius 3 is 2.58 bits per heavy atom. The molecule has 5 heteroatoms. The second kappa shape index (κ2) is 5.63. The van der Waals surface area contributed by atoms with E-state index in [2.05, 4.69) is 5.16 Å². The Morgan fingerprint density at radius 2 is 1.95 bits per heavy atom. The van der Waals surface area contributed by atoms with Crippen LogP contribution in [0, 0.1) is 6.92 Å². The van der Waals surface area contributed by atoms with Crippen molar-refractivity contribution in [3.8, 4) is 11.5 Å². The van der Waals surface area contributed by atoms with Crippen molar-refractivity contribution in [2.45, 2.75) is 6.92 Å². The highest BCUT2D eigenvalue weighted by Gasteiger charge is 2.07. The van der Waals surface area contributed by atoms with Crippen LogP contribution in [0.2, 0.25) is 5.02 Å². The summed E-state index contributed by atoms with van der Waals surface area (Å²) in [6.45, 7) is 1.88. The van der Waals surface area contributed by atoms with Crippen molar-refractivity contribution in [2.24, 2.45) is 10.9 Å². The quantitative estimate of drug-likeness (QED) is 0.390. The first kappa shape index (κ1) is 13.2. The molecule has 2 aromatic rings. The Bertz CT molecular complexity index is 627. The van der Waals surface area contributed by atoms with Crippen molar-refractivity contribution < 1.29 is 9.94 Å². The molecule has 0 aromatic heterocycles. The lowest BCUT2D eigenvalue weighted by atomic mass is 10.1. The lowest BCUT2D eigenvalue weighted by molar-refractivity contribution is 0.318. The Hall–Kier alpha value is -2.20. The third-order valence-electron chi connectivity index (χ3n) is 2.64. The van der Waals surface area contributed by atoms with E-state index >= 15 is 0 Å². The van der Waals surface area contributed by atoms with Gasteiger partial charge in [0.25, 0.3) is 0 Å². The van der Waals surface area contributed by atoms with Gasteiger partial charge in [0.1, 0.15) is 11.5 Å². The Kier molecular flexibility index (Phi) is 3.92. The van der Waals surface area contributed by atoms with E-state index in [0.29, 0.717) is 22.1 Å². The number of para-hydroxylation sites is 1. The number of hydrogen-bond donors (Lipinski definition) is 2. The third kappa shape index (κ3) is 2.98. The number of hydrogen-bond acceptors (Lipinski definition) is 3. The number of halogens is 1. The maximum absolute atomic E-state index is 8.63. The molecule has 3 N–H and O–H groups in total. The molecule has 0 aliphatic heterocycles. The van der Waals surface area contributed by atoms with Crippen LogP contribution >= 0.6 is 11.6 Å². The first-order valence-electron chi connectivity index (χ1n) is 5.62. The Morgan fingerprint density at radius 1 is 1.21 bits per heavy atom. The van der Waals surface area contributed by atoms with Gasteiger partial charge >= 0.3 is 0 Å². The molecule has 0 fully saturated rings. The molecule has 0 atom stereocenters. The van der Waals surface area contributed by atoms with Gasteiger partial charge in [-0.25, -0.2) is 0 Å². The SMILES string of the molecule is Cc1cc(/C(N)=N/O)ccc1Oc1ccccc1Cl. The Labute approximate surface area is 116 Å². The van der Waals surface area contributed by atoms with Crippen molar-refractivity contribution in [3.05, 3.63) is 58.6 Å². The molecule has 0 unspecified atom stereocenters. The average molecular weight is 277 g/mol. The van der Waals surface area contributed by atoms with E-state index in [0.717, 1.165) is 5.56 Å². The van der Waals surface area contributed by atoms with E-state index in [-0.39, 0.29) is 5.84 Å². The van der Waals surface area contributed by atoms with E-state index in [1.54, 1.807) is 30.3 Å². The fourth-order valence-electron chi connectivity index (χ4n) is 1.63. The number of benzene rings is 2. The zero-order valence-corrected chi connectivity index (χ0v) is 11.1. The van der Waals surface area contributed by atoms with Gasteiger partial charge in [0.05, 0.1) is 5.02 Å². The summed E-state index contributed by atoms with van der Waals surface area (Å²) in [5.41, 5.74) is 7.02. The first-order valence-corrected chi connectivity index (χ1v) is 6.00. The van der Waals surface area contributed by atoms with Gasteiger partial charge in [-0.05, 0) is 42.8 Å². The zero-order valence-electron chi connectivity index (χ0n) is 10.3. The molecule has 0 amide bonds. The molecule has 98 valence electrons. The van der Waals surface area contributed by atoms with Gasteiger partial charge in [-0.2, -0.15) is 0 Å². The fourth-order valence-corrected chi connectivity index (χ4v) is 1.80. The van der Waals surface area contributed by atoms with Crippen molar-refractivity contribution in [1.29, 1.82) is 0 Å². The highest BCUT2D eigenvalue weighted by molar-refractivity contribution is 6.32. The molecular weight excluding hydrogens is 264 g/mol. The van der Waals surface area contributed by atoms with E-state index < -0.39 is 0 Å². The summed E-state index contributed by atoms with van der Waals surface area (Å²) in [6, 6.07) is 12.5. The van der Waals surface area contributed by atoms with Gasteiger partial charge in [0.2, 0.25) is 0 Å². The van der Waals surface area contributed by atoms with Crippen LogP contribution in [-0.2, 0) is 0 Å². The number of amidine groups is 1. The molecule has 0 heterocycles. The summed E-state index contributed by atoms with van der Waals surface area (Å²) in [7, 11) is 0. The van der Waals surface area contributed by atoms with Crippen molar-refractivity contribution in [2.75, 3.05) is 0 Å². The highest BCUT2D eigenvalue weighted by atomic mass is 35.5. The minimum absolute atomic E-state index is 0.0624. The summed E-state index contributed by atoms with van der Waals surface area (Å²) in [5, 5.41) is 12.1. The topological polar surface area (TPSA) is 67.8 Å². The monoisotopic (exact) mass is 276 g/mol. The van der Waals surface area contributed by atoms with Crippen LogP contribution in [0.4, 0.5) is 0 Å². The smallest absolute Gasteiger partial charge is 0.170 e. The molecule has 0 spiro atoms. The van der Waals surface area contributed by atoms with Gasteiger partial charge in [0.15, 0.2) is 5.84 Å². The minimum Gasteiger partial charge on any atom is -0.456 e. The summed E-state index contributed by atoms with van der Waals surface area (Å²) in [5.74, 6) is 1.32. The number of oxime groups is 1. The average Bonchev–Trinajstić information content (AvgIpc) is 2.42. The molecule has 2 rings (SSSR count). The van der Waals surface area contributed by atoms with Gasteiger partial charge in [-0.3, -0.25) is 0 Å². The predicted octanol–water partition coefficient (Wildman–Crippen LogP) is 3.54. The highest BCUT2D eigenvalue weighted by Crippen LogP contribution is 2.30. The molecule has 0 aliphatic rings. The van der Waals surface area contributed by atoms with Crippen LogP contribution in [0.25, 0.3) is 0 Å². The molecule has 0 saturated carbocycles. The van der Waals surface area contributed by atoms with Crippen LogP contribution in [0.3, 0.4) is 0 Å². The summed E-state index contributed by atoms with van der Waals surface area (Å²) >= 11 is 6.03. The first-order chi connectivity index (χ1) is 9.11. The standard InChI is InChI=1S/C14H13ClN2O2/c1-9-8-10(14(16)17-18)6-7-12(9)19-13-5-3-2-4-11(13)15/h2-8,18H,1H3,(H2,16,17). The van der Waals surface area contributed by atoms with Crippen LogP contribution in [0.5, 0.6) is 11.5 Å². The normalized spacial score (nSPS) is 11.4. The van der Waals surface area contributed by atoms with Crippen molar-refractivity contribution >= 4 is 17.4 Å². The van der Waals surface area contributed by atoms with Crippen LogP contribution in [-0.4, -0.2) is 11.0 Å². The maximum Gasteiger partial charge on any atom is 0.170 e. The lowest BCUT2D eigenvalue weighted by Gasteiger charge is -2.11. The summed E-state index contributed by atoms with van der Waals surface area (Å²) in [4.78, 5) is 0. The number of aryl methyl sites for hydroxylation is 1. The van der Waals surface area contributed by atoms with Crippen LogP contribution in [0.15, 0.2) is 47.6 Å². The molecule has 0 radical (unpaired) electrons. The third-order valence-corrected chi connectivity index (χ3v) is 2.95. The van der Waals surface area contributed by atoms with E-state index in [9.17, 15) is 0 Å². The van der Waals surface area contributed by atoms with Crippen LogP contribution < -0.4 is 10.5 Å². The van der Waals surface area contributed by atoms with E-state index in [4.69, 9.17) is 27.3 Å². The van der Waals surface area contributed by atoms with Gasteiger partial charge in [0, 0.05) is 5.56 Å². The molecular formula is C14H13ClN2O2. The molecule has 2 aromatic carbocycles. The second-order valence-electron chi connectivity index (χ2n) is 4.00. The molecule has 0 bridgehead atoms. The van der Waals surface area contributed by atoms with Gasteiger partial charge < -0.3 is 15.7 Å². The lowest BCUT2D eigenvalue weighted by Crippen LogP contribution is -2.13. The molecule has 19 heavy (non-hydrogen) atoms. The zero-order chi connectivity index (χ0) is 13.8. The predicted molar refractivity (Wildman–Crippen MR) is 75.2 cm³/mol. The summed E-state index contributed by atoms with van der Waals surface area (Å²) in [6.07, 6.45) is 0.